The Morgan fingerprint density at radius 3 is 2.50 bits per heavy atom. The summed E-state index contributed by atoms with van der Waals surface area (Å²) in [7, 11) is 0. The van der Waals surface area contributed by atoms with E-state index in [1.807, 2.05) is 20.8 Å². The fraction of sp³-hybridized carbons (Fsp3) is 1.00. The maximum atomic E-state index is 14.0. The van der Waals surface area contributed by atoms with Gasteiger partial charge in [0, 0.05) is 17.4 Å². The molecule has 2 unspecified atom stereocenters. The molecule has 2 fully saturated rings. The van der Waals surface area contributed by atoms with Crippen molar-refractivity contribution < 1.29 is 13.9 Å². The van der Waals surface area contributed by atoms with Gasteiger partial charge in [-0.05, 0) is 24.8 Å². The first kappa shape index (κ1) is 12.2. The van der Waals surface area contributed by atoms with Gasteiger partial charge in [0.2, 0.25) is 0 Å². The lowest BCUT2D eigenvalue weighted by Gasteiger charge is -2.33. The highest BCUT2D eigenvalue weighted by atomic mass is 19.3. The van der Waals surface area contributed by atoms with Gasteiger partial charge in [0.1, 0.15) is 0 Å². The molecule has 2 rings (SSSR count). The first-order valence-corrected chi connectivity index (χ1v) is 5.99. The average Bonchev–Trinajstić information content (AvgIpc) is 2.71. The summed E-state index contributed by atoms with van der Waals surface area (Å²) >= 11 is 0. The largest absolute Gasteiger partial charge is 0.395 e. The molecule has 0 amide bonds. The van der Waals surface area contributed by atoms with E-state index in [1.54, 1.807) is 0 Å². The van der Waals surface area contributed by atoms with Gasteiger partial charge in [-0.2, -0.15) is 0 Å². The number of hydrogen-bond acceptors (Lipinski definition) is 2. The number of rotatable bonds is 1. The first-order valence-electron chi connectivity index (χ1n) is 5.99. The van der Waals surface area contributed by atoms with Crippen molar-refractivity contribution in [1.29, 1.82) is 0 Å². The molecule has 2 aliphatic rings. The first-order chi connectivity index (χ1) is 7.27. The molecule has 3 atom stereocenters. The molecule has 1 heterocycles. The molecule has 0 aromatic carbocycles. The number of aliphatic hydroxyl groups excluding tert-OH is 1. The summed E-state index contributed by atoms with van der Waals surface area (Å²) in [5, 5.41) is 12.3. The molecule has 16 heavy (non-hydrogen) atoms. The zero-order chi connectivity index (χ0) is 12.2. The summed E-state index contributed by atoms with van der Waals surface area (Å²) in [6.45, 7) is 6.20. The van der Waals surface area contributed by atoms with Crippen molar-refractivity contribution in [2.24, 2.45) is 16.7 Å². The van der Waals surface area contributed by atoms with Gasteiger partial charge in [0.15, 0.2) is 0 Å². The van der Waals surface area contributed by atoms with E-state index in [9.17, 15) is 13.9 Å². The zero-order valence-electron chi connectivity index (χ0n) is 10.2. The summed E-state index contributed by atoms with van der Waals surface area (Å²) < 4.78 is 28.1. The van der Waals surface area contributed by atoms with Crippen LogP contribution in [0, 0.1) is 16.7 Å². The summed E-state index contributed by atoms with van der Waals surface area (Å²) in [6, 6.07) is -0.183. The number of halogens is 2. The molecule has 0 bridgehead atoms. The molecule has 1 aliphatic carbocycles. The summed E-state index contributed by atoms with van der Waals surface area (Å²) in [5.41, 5.74) is -1.34. The maximum absolute atomic E-state index is 14.0. The summed E-state index contributed by atoms with van der Waals surface area (Å²) in [5.74, 6) is -3.06. The standard InChI is InChI=1S/C12H21F2NO/c1-10(2,3)11-6-8(7-16)15-5-4-9(11)12(11,13)14/h8-9,15-16H,4-7H2,1-3H3/t8-,9?,11?/m0/s1. The Balaban J connectivity index is 2.31. The molecule has 2 nitrogen and oxygen atoms in total. The summed E-state index contributed by atoms with van der Waals surface area (Å²) in [4.78, 5) is 0. The molecule has 1 aliphatic heterocycles. The van der Waals surface area contributed by atoms with E-state index in [0.717, 1.165) is 0 Å². The van der Waals surface area contributed by atoms with Crippen LogP contribution in [-0.4, -0.2) is 30.2 Å². The molecule has 0 aromatic rings. The van der Waals surface area contributed by atoms with E-state index >= 15 is 0 Å². The van der Waals surface area contributed by atoms with Crippen molar-refractivity contribution in [2.75, 3.05) is 13.2 Å². The van der Waals surface area contributed by atoms with Crippen molar-refractivity contribution in [1.82, 2.24) is 5.32 Å². The van der Waals surface area contributed by atoms with E-state index in [2.05, 4.69) is 5.32 Å². The van der Waals surface area contributed by atoms with Gasteiger partial charge < -0.3 is 10.4 Å². The Bertz CT molecular complexity index is 287. The lowest BCUT2D eigenvalue weighted by atomic mass is 9.72. The van der Waals surface area contributed by atoms with Crippen LogP contribution in [0.2, 0.25) is 0 Å². The van der Waals surface area contributed by atoms with Crippen LogP contribution in [0.3, 0.4) is 0 Å². The van der Waals surface area contributed by atoms with Gasteiger partial charge in [0.25, 0.3) is 5.92 Å². The average molecular weight is 233 g/mol. The minimum atomic E-state index is -2.55. The van der Waals surface area contributed by atoms with Crippen LogP contribution in [0.15, 0.2) is 0 Å². The Morgan fingerprint density at radius 1 is 1.38 bits per heavy atom. The third-order valence-electron chi connectivity index (χ3n) is 4.54. The van der Waals surface area contributed by atoms with E-state index < -0.39 is 22.7 Å². The molecule has 1 saturated carbocycles. The predicted molar refractivity (Wildman–Crippen MR) is 58.4 cm³/mol. The maximum Gasteiger partial charge on any atom is 0.258 e. The quantitative estimate of drug-likeness (QED) is 0.726. The van der Waals surface area contributed by atoms with Gasteiger partial charge in [-0.3, -0.25) is 0 Å². The Labute approximate surface area is 95.4 Å². The van der Waals surface area contributed by atoms with Gasteiger partial charge >= 0.3 is 0 Å². The second kappa shape index (κ2) is 3.39. The van der Waals surface area contributed by atoms with Gasteiger partial charge in [-0.25, -0.2) is 8.78 Å². The van der Waals surface area contributed by atoms with Crippen LogP contribution in [-0.2, 0) is 0 Å². The minimum Gasteiger partial charge on any atom is -0.395 e. The van der Waals surface area contributed by atoms with Crippen molar-refractivity contribution in [2.45, 2.75) is 45.6 Å². The van der Waals surface area contributed by atoms with E-state index in [-0.39, 0.29) is 12.6 Å². The topological polar surface area (TPSA) is 32.3 Å². The SMILES string of the molecule is CC(C)(C)C12C[C@@H](CO)NCCC1C2(F)F. The van der Waals surface area contributed by atoms with Crippen molar-refractivity contribution >= 4 is 0 Å². The fourth-order valence-electron chi connectivity index (χ4n) is 3.59. The lowest BCUT2D eigenvalue weighted by molar-refractivity contribution is -0.000842. The second-order valence-electron chi connectivity index (χ2n) is 6.22. The predicted octanol–water partition coefficient (Wildman–Crippen LogP) is 2.03. The highest BCUT2D eigenvalue weighted by Gasteiger charge is 2.83. The monoisotopic (exact) mass is 233 g/mol. The van der Waals surface area contributed by atoms with Gasteiger partial charge in [-0.1, -0.05) is 20.8 Å². The molecule has 0 spiro atoms. The molecular weight excluding hydrogens is 212 g/mol. The molecule has 1 saturated heterocycles. The molecule has 2 N–H and O–H groups in total. The summed E-state index contributed by atoms with van der Waals surface area (Å²) in [6.07, 6.45) is 0.894. The van der Waals surface area contributed by atoms with Crippen LogP contribution in [0.1, 0.15) is 33.6 Å². The number of aliphatic hydroxyl groups is 1. The van der Waals surface area contributed by atoms with E-state index in [0.29, 0.717) is 19.4 Å². The number of alkyl halides is 2. The molecule has 0 radical (unpaired) electrons. The van der Waals surface area contributed by atoms with Crippen LogP contribution in [0.25, 0.3) is 0 Å². The minimum absolute atomic E-state index is 0.0549. The second-order valence-corrected chi connectivity index (χ2v) is 6.22. The molecule has 0 aromatic heterocycles. The number of fused-ring (bicyclic) bond motifs is 1. The molecular formula is C12H21F2NO. The fourth-order valence-corrected chi connectivity index (χ4v) is 3.59. The Morgan fingerprint density at radius 2 is 2.00 bits per heavy atom. The smallest absolute Gasteiger partial charge is 0.258 e. The van der Waals surface area contributed by atoms with Crippen LogP contribution in [0.5, 0.6) is 0 Å². The third-order valence-corrected chi connectivity index (χ3v) is 4.54. The van der Waals surface area contributed by atoms with Crippen molar-refractivity contribution in [3.63, 3.8) is 0 Å². The Hall–Kier alpha value is -0.220. The van der Waals surface area contributed by atoms with Crippen LogP contribution >= 0.6 is 0 Å². The molecule has 4 heteroatoms. The van der Waals surface area contributed by atoms with Crippen molar-refractivity contribution in [3.8, 4) is 0 Å². The van der Waals surface area contributed by atoms with Gasteiger partial charge in [0.05, 0.1) is 6.61 Å². The highest BCUT2D eigenvalue weighted by molar-refractivity contribution is 5.24. The number of hydrogen-bond donors (Lipinski definition) is 2. The highest BCUT2D eigenvalue weighted by Crippen LogP contribution is 2.76. The van der Waals surface area contributed by atoms with E-state index in [4.69, 9.17) is 0 Å². The number of nitrogens with one attached hydrogen (secondary N) is 1. The van der Waals surface area contributed by atoms with Crippen LogP contribution < -0.4 is 5.32 Å². The normalized spacial score (nSPS) is 42.4. The van der Waals surface area contributed by atoms with Crippen molar-refractivity contribution in [3.05, 3.63) is 0 Å². The van der Waals surface area contributed by atoms with E-state index in [1.165, 1.54) is 0 Å². The zero-order valence-corrected chi connectivity index (χ0v) is 10.2. The molecule has 94 valence electrons. The third kappa shape index (κ3) is 1.35. The van der Waals surface area contributed by atoms with Crippen LogP contribution in [0.4, 0.5) is 8.78 Å². The Kier molecular flexibility index (Phi) is 2.59. The lowest BCUT2D eigenvalue weighted by Crippen LogP contribution is -2.39. The van der Waals surface area contributed by atoms with Gasteiger partial charge in [-0.15, -0.1) is 0 Å².